The van der Waals surface area contributed by atoms with Crippen LogP contribution in [0.3, 0.4) is 0 Å². The van der Waals surface area contributed by atoms with Gasteiger partial charge in [0.05, 0.1) is 6.04 Å². The number of piperidine rings is 1. The van der Waals surface area contributed by atoms with Crippen LogP contribution in [0.1, 0.15) is 19.3 Å². The minimum atomic E-state index is -0.326. The molecule has 2 atom stereocenters. The summed E-state index contributed by atoms with van der Waals surface area (Å²) in [7, 11) is 1.79. The van der Waals surface area contributed by atoms with Crippen molar-refractivity contribution in [3.8, 4) is 0 Å². The third kappa shape index (κ3) is 1.84. The molecule has 2 aliphatic heterocycles. The van der Waals surface area contributed by atoms with Gasteiger partial charge >= 0.3 is 0 Å². The van der Waals surface area contributed by atoms with Gasteiger partial charge in [-0.1, -0.05) is 0 Å². The largest absolute Gasteiger partial charge is 0.344 e. The van der Waals surface area contributed by atoms with Crippen molar-refractivity contribution in [1.29, 1.82) is 0 Å². The van der Waals surface area contributed by atoms with E-state index in [4.69, 9.17) is 5.73 Å². The van der Waals surface area contributed by atoms with Crippen LogP contribution < -0.4 is 5.73 Å². The number of rotatable bonds is 1. The zero-order chi connectivity index (χ0) is 11.0. The Hall–Kier alpha value is -1.10. The van der Waals surface area contributed by atoms with Gasteiger partial charge in [0, 0.05) is 32.6 Å². The van der Waals surface area contributed by atoms with Gasteiger partial charge in [-0.25, -0.2) is 0 Å². The molecule has 2 unspecified atom stereocenters. The molecule has 2 amide bonds. The van der Waals surface area contributed by atoms with Crippen LogP contribution in [-0.4, -0.2) is 53.8 Å². The van der Waals surface area contributed by atoms with E-state index in [2.05, 4.69) is 0 Å². The van der Waals surface area contributed by atoms with Crippen molar-refractivity contribution >= 4 is 11.8 Å². The standard InChI is InChI=1S/C10H17N3O2/c1-12-6-7(2-3-9(12)14)13-5-4-8(11)10(13)15/h7-8H,2-6,11H2,1H3. The molecule has 5 nitrogen and oxygen atoms in total. The smallest absolute Gasteiger partial charge is 0.239 e. The van der Waals surface area contributed by atoms with E-state index in [-0.39, 0.29) is 23.9 Å². The average molecular weight is 211 g/mol. The van der Waals surface area contributed by atoms with E-state index in [1.165, 1.54) is 0 Å². The molecule has 0 aromatic rings. The van der Waals surface area contributed by atoms with Crippen molar-refractivity contribution in [2.24, 2.45) is 5.73 Å². The van der Waals surface area contributed by atoms with Gasteiger partial charge in [-0.2, -0.15) is 0 Å². The number of hydrogen-bond donors (Lipinski definition) is 1. The lowest BCUT2D eigenvalue weighted by molar-refractivity contribution is -0.138. The number of nitrogens with zero attached hydrogens (tertiary/aromatic N) is 2. The summed E-state index contributed by atoms with van der Waals surface area (Å²) in [6.07, 6.45) is 2.06. The Morgan fingerprint density at radius 3 is 2.60 bits per heavy atom. The third-order valence-electron chi connectivity index (χ3n) is 3.32. The first-order valence-electron chi connectivity index (χ1n) is 5.39. The molecule has 0 radical (unpaired) electrons. The topological polar surface area (TPSA) is 66.6 Å². The van der Waals surface area contributed by atoms with Crippen molar-refractivity contribution in [3.63, 3.8) is 0 Å². The summed E-state index contributed by atoms with van der Waals surface area (Å²) in [5.41, 5.74) is 5.67. The molecule has 0 bridgehead atoms. The van der Waals surface area contributed by atoms with Gasteiger partial charge < -0.3 is 15.5 Å². The van der Waals surface area contributed by atoms with Crippen LogP contribution in [0.5, 0.6) is 0 Å². The van der Waals surface area contributed by atoms with E-state index >= 15 is 0 Å². The van der Waals surface area contributed by atoms with Crippen LogP contribution in [-0.2, 0) is 9.59 Å². The number of carbonyl (C=O) groups excluding carboxylic acids is 2. The van der Waals surface area contributed by atoms with E-state index in [0.717, 1.165) is 19.4 Å². The first-order valence-corrected chi connectivity index (χ1v) is 5.39. The Kier molecular flexibility index (Phi) is 2.65. The molecule has 2 saturated heterocycles. The number of likely N-dealkylation sites (N-methyl/N-ethyl adjacent to an activating group) is 1. The maximum atomic E-state index is 11.7. The molecular weight excluding hydrogens is 194 g/mol. The maximum absolute atomic E-state index is 11.7. The molecule has 0 aromatic heterocycles. The minimum Gasteiger partial charge on any atom is -0.344 e. The van der Waals surface area contributed by atoms with Gasteiger partial charge in [0.25, 0.3) is 0 Å². The second-order valence-electron chi connectivity index (χ2n) is 4.39. The summed E-state index contributed by atoms with van der Waals surface area (Å²) < 4.78 is 0. The van der Waals surface area contributed by atoms with E-state index in [1.54, 1.807) is 11.9 Å². The maximum Gasteiger partial charge on any atom is 0.239 e. The molecule has 2 aliphatic rings. The van der Waals surface area contributed by atoms with E-state index in [9.17, 15) is 9.59 Å². The Labute approximate surface area is 89.2 Å². The summed E-state index contributed by atoms with van der Waals surface area (Å²) in [5.74, 6) is 0.213. The highest BCUT2D eigenvalue weighted by molar-refractivity contribution is 5.84. The Morgan fingerprint density at radius 1 is 1.33 bits per heavy atom. The Morgan fingerprint density at radius 2 is 2.07 bits per heavy atom. The van der Waals surface area contributed by atoms with Gasteiger partial charge in [0.1, 0.15) is 0 Å². The molecule has 15 heavy (non-hydrogen) atoms. The zero-order valence-electron chi connectivity index (χ0n) is 8.98. The predicted molar refractivity (Wildman–Crippen MR) is 55.0 cm³/mol. The van der Waals surface area contributed by atoms with E-state index < -0.39 is 0 Å². The Bertz CT molecular complexity index is 292. The zero-order valence-corrected chi connectivity index (χ0v) is 8.98. The van der Waals surface area contributed by atoms with E-state index in [0.29, 0.717) is 13.0 Å². The lowest BCUT2D eigenvalue weighted by atomic mass is 10.0. The Balaban J connectivity index is 2.00. The number of likely N-dealkylation sites (tertiary alicyclic amines) is 2. The van der Waals surface area contributed by atoms with Crippen molar-refractivity contribution < 1.29 is 9.59 Å². The van der Waals surface area contributed by atoms with Crippen molar-refractivity contribution in [1.82, 2.24) is 9.80 Å². The molecular formula is C10H17N3O2. The van der Waals surface area contributed by atoms with Gasteiger partial charge in [-0.15, -0.1) is 0 Å². The highest BCUT2D eigenvalue weighted by Gasteiger charge is 2.36. The summed E-state index contributed by atoms with van der Waals surface area (Å²) in [5, 5.41) is 0. The van der Waals surface area contributed by atoms with Crippen molar-refractivity contribution in [3.05, 3.63) is 0 Å². The second-order valence-corrected chi connectivity index (χ2v) is 4.39. The number of hydrogen-bond acceptors (Lipinski definition) is 3. The molecule has 2 fully saturated rings. The SMILES string of the molecule is CN1CC(N2CCC(N)C2=O)CCC1=O. The van der Waals surface area contributed by atoms with E-state index in [1.807, 2.05) is 4.90 Å². The molecule has 0 saturated carbocycles. The quantitative estimate of drug-likeness (QED) is 0.615. The number of nitrogens with two attached hydrogens (primary N) is 1. The second kappa shape index (κ2) is 3.81. The lowest BCUT2D eigenvalue weighted by Gasteiger charge is -2.35. The molecule has 0 spiro atoms. The normalized spacial score (nSPS) is 32.7. The fraction of sp³-hybridized carbons (Fsp3) is 0.800. The first kappa shape index (κ1) is 10.4. The molecule has 0 aliphatic carbocycles. The predicted octanol–water partition coefficient (Wildman–Crippen LogP) is -0.833. The van der Waals surface area contributed by atoms with Crippen LogP contribution in [0.25, 0.3) is 0 Å². The fourth-order valence-corrected chi connectivity index (χ4v) is 2.33. The van der Waals surface area contributed by atoms with Crippen LogP contribution in [0, 0.1) is 0 Å². The summed E-state index contributed by atoms with van der Waals surface area (Å²) in [4.78, 5) is 26.5. The molecule has 84 valence electrons. The average Bonchev–Trinajstić information content (AvgIpc) is 2.53. The monoisotopic (exact) mass is 211 g/mol. The van der Waals surface area contributed by atoms with Gasteiger partial charge in [-0.3, -0.25) is 9.59 Å². The minimum absolute atomic E-state index is 0.0442. The number of carbonyl (C=O) groups is 2. The van der Waals surface area contributed by atoms with Gasteiger partial charge in [0.2, 0.25) is 11.8 Å². The first-order chi connectivity index (χ1) is 7.09. The van der Waals surface area contributed by atoms with Crippen molar-refractivity contribution in [2.75, 3.05) is 20.1 Å². The van der Waals surface area contributed by atoms with Crippen molar-refractivity contribution in [2.45, 2.75) is 31.3 Å². The highest BCUT2D eigenvalue weighted by Crippen LogP contribution is 2.20. The van der Waals surface area contributed by atoms with Crippen LogP contribution in [0.2, 0.25) is 0 Å². The van der Waals surface area contributed by atoms with Gasteiger partial charge in [-0.05, 0) is 12.8 Å². The fourth-order valence-electron chi connectivity index (χ4n) is 2.33. The molecule has 0 aromatic carbocycles. The molecule has 2 rings (SSSR count). The highest BCUT2D eigenvalue weighted by atomic mass is 16.2. The molecule has 5 heteroatoms. The van der Waals surface area contributed by atoms with Crippen LogP contribution >= 0.6 is 0 Å². The van der Waals surface area contributed by atoms with Crippen LogP contribution in [0.4, 0.5) is 0 Å². The lowest BCUT2D eigenvalue weighted by Crippen LogP contribution is -2.50. The molecule has 2 N–H and O–H groups in total. The number of amides is 2. The van der Waals surface area contributed by atoms with Gasteiger partial charge in [0.15, 0.2) is 0 Å². The molecule has 2 heterocycles. The third-order valence-corrected chi connectivity index (χ3v) is 3.32. The summed E-state index contributed by atoms with van der Waals surface area (Å²) in [6, 6.07) is -0.151. The summed E-state index contributed by atoms with van der Waals surface area (Å²) >= 11 is 0. The summed E-state index contributed by atoms with van der Waals surface area (Å²) in [6.45, 7) is 1.39. The van der Waals surface area contributed by atoms with Crippen LogP contribution in [0.15, 0.2) is 0 Å².